The molecular weight excluding hydrogens is 228 g/mol. The first-order valence-electron chi connectivity index (χ1n) is 5.01. The zero-order valence-electron chi connectivity index (χ0n) is 9.69. The number of furan rings is 1. The molecule has 5 heteroatoms. The Morgan fingerprint density at radius 2 is 2.31 bits per heavy atom. The molecule has 0 N–H and O–H groups in total. The Hall–Kier alpha value is -0.940. The number of esters is 1. The van der Waals surface area contributed by atoms with Crippen molar-refractivity contribution in [3.63, 3.8) is 0 Å². The molecule has 1 rings (SSSR count). The largest absolute Gasteiger partial charge is 0.460 e. The highest BCUT2D eigenvalue weighted by molar-refractivity contribution is 7.98. The maximum Gasteiger partial charge on any atom is 0.374 e. The smallest absolute Gasteiger partial charge is 0.374 e. The van der Waals surface area contributed by atoms with Gasteiger partial charge in [-0.25, -0.2) is 4.79 Å². The van der Waals surface area contributed by atoms with Gasteiger partial charge in [-0.2, -0.15) is 0 Å². The van der Waals surface area contributed by atoms with Crippen LogP contribution in [0, 0.1) is 0 Å². The van der Waals surface area contributed by atoms with Crippen LogP contribution in [-0.2, 0) is 9.47 Å². The third-order valence-corrected chi connectivity index (χ3v) is 2.77. The lowest BCUT2D eigenvalue weighted by Gasteiger charge is -2.08. The van der Waals surface area contributed by atoms with Gasteiger partial charge in [0.25, 0.3) is 0 Å². The van der Waals surface area contributed by atoms with E-state index < -0.39 is 5.97 Å². The van der Waals surface area contributed by atoms with Gasteiger partial charge in [0.2, 0.25) is 5.76 Å². The minimum absolute atomic E-state index is 0.0890. The zero-order chi connectivity index (χ0) is 12.0. The van der Waals surface area contributed by atoms with E-state index in [0.717, 1.165) is 0 Å². The van der Waals surface area contributed by atoms with Gasteiger partial charge < -0.3 is 13.9 Å². The molecule has 1 aromatic rings. The SMILES string of the molecule is CO[C@H](C)CCOC(=O)c1ccc(SC)o1. The zero-order valence-corrected chi connectivity index (χ0v) is 10.5. The third-order valence-electron chi connectivity index (χ3n) is 2.14. The first-order valence-corrected chi connectivity index (χ1v) is 6.23. The molecular formula is C11H16O4S. The normalized spacial score (nSPS) is 12.4. The summed E-state index contributed by atoms with van der Waals surface area (Å²) < 4.78 is 15.3. The van der Waals surface area contributed by atoms with Crippen LogP contribution < -0.4 is 0 Å². The summed E-state index contributed by atoms with van der Waals surface area (Å²) in [5.41, 5.74) is 0. The molecule has 0 radical (unpaired) electrons. The lowest BCUT2D eigenvalue weighted by atomic mass is 10.3. The summed E-state index contributed by atoms with van der Waals surface area (Å²) in [6.45, 7) is 2.26. The fraction of sp³-hybridized carbons (Fsp3) is 0.545. The average Bonchev–Trinajstić information content (AvgIpc) is 2.77. The first kappa shape index (κ1) is 13.1. The summed E-state index contributed by atoms with van der Waals surface area (Å²) in [5, 5.41) is 0.706. The van der Waals surface area contributed by atoms with Gasteiger partial charge in [0, 0.05) is 13.5 Å². The van der Waals surface area contributed by atoms with Gasteiger partial charge in [0.1, 0.15) is 0 Å². The summed E-state index contributed by atoms with van der Waals surface area (Å²) in [6, 6.07) is 3.37. The molecule has 0 amide bonds. The number of hydrogen-bond acceptors (Lipinski definition) is 5. The number of thioether (sulfide) groups is 1. The topological polar surface area (TPSA) is 48.7 Å². The molecule has 0 aliphatic heterocycles. The minimum Gasteiger partial charge on any atom is -0.460 e. The van der Waals surface area contributed by atoms with Crippen molar-refractivity contribution < 1.29 is 18.7 Å². The van der Waals surface area contributed by atoms with Crippen LogP contribution in [0.3, 0.4) is 0 Å². The predicted molar refractivity (Wildman–Crippen MR) is 61.9 cm³/mol. The Labute approximate surface area is 99.3 Å². The van der Waals surface area contributed by atoms with Crippen LogP contribution in [0.15, 0.2) is 21.6 Å². The standard InChI is InChI=1S/C11H16O4S/c1-8(13-2)6-7-14-11(12)9-4-5-10(15-9)16-3/h4-5,8H,6-7H2,1-3H3/t8-/m1/s1. The number of rotatable bonds is 6. The second-order valence-electron chi connectivity index (χ2n) is 3.29. The summed E-state index contributed by atoms with van der Waals surface area (Å²) >= 11 is 1.44. The van der Waals surface area contributed by atoms with E-state index in [-0.39, 0.29) is 11.9 Å². The third kappa shape index (κ3) is 3.90. The number of ether oxygens (including phenoxy) is 2. The maximum absolute atomic E-state index is 11.5. The molecule has 0 aliphatic rings. The molecule has 90 valence electrons. The van der Waals surface area contributed by atoms with Gasteiger partial charge >= 0.3 is 5.97 Å². The molecule has 1 heterocycles. The van der Waals surface area contributed by atoms with Crippen LogP contribution in [0.1, 0.15) is 23.9 Å². The van der Waals surface area contributed by atoms with E-state index >= 15 is 0 Å². The molecule has 0 bridgehead atoms. The quantitative estimate of drug-likeness (QED) is 0.568. The number of methoxy groups -OCH3 is 1. The highest BCUT2D eigenvalue weighted by atomic mass is 32.2. The fourth-order valence-electron chi connectivity index (χ4n) is 1.05. The Kier molecular flexibility index (Phi) is 5.42. The number of carbonyl (C=O) groups is 1. The van der Waals surface area contributed by atoms with Crippen molar-refractivity contribution in [2.45, 2.75) is 24.5 Å². The molecule has 16 heavy (non-hydrogen) atoms. The van der Waals surface area contributed by atoms with Crippen molar-refractivity contribution in [3.05, 3.63) is 17.9 Å². The Balaban J connectivity index is 2.35. The van der Waals surface area contributed by atoms with E-state index in [0.29, 0.717) is 18.1 Å². The average molecular weight is 244 g/mol. The van der Waals surface area contributed by atoms with Crippen LogP contribution in [0.2, 0.25) is 0 Å². The van der Waals surface area contributed by atoms with Crippen molar-refractivity contribution in [2.24, 2.45) is 0 Å². The molecule has 0 spiro atoms. The Morgan fingerprint density at radius 3 is 2.88 bits per heavy atom. The predicted octanol–water partition coefficient (Wildman–Crippen LogP) is 2.58. The van der Waals surface area contributed by atoms with Crippen molar-refractivity contribution in [2.75, 3.05) is 20.0 Å². The minimum atomic E-state index is -0.427. The molecule has 0 saturated carbocycles. The van der Waals surface area contributed by atoms with Gasteiger partial charge in [-0.3, -0.25) is 0 Å². The highest BCUT2D eigenvalue weighted by Crippen LogP contribution is 2.18. The summed E-state index contributed by atoms with van der Waals surface area (Å²) in [7, 11) is 1.63. The van der Waals surface area contributed by atoms with Gasteiger partial charge in [0.15, 0.2) is 5.09 Å². The van der Waals surface area contributed by atoms with Crippen LogP contribution in [0.25, 0.3) is 0 Å². The van der Waals surface area contributed by atoms with E-state index in [4.69, 9.17) is 13.9 Å². The summed E-state index contributed by atoms with van der Waals surface area (Å²) in [5.74, 6) is -0.182. The van der Waals surface area contributed by atoms with Crippen LogP contribution in [0.4, 0.5) is 0 Å². The molecule has 1 aromatic heterocycles. The van der Waals surface area contributed by atoms with Crippen LogP contribution in [-0.4, -0.2) is 32.0 Å². The molecule has 0 aliphatic carbocycles. The van der Waals surface area contributed by atoms with E-state index in [9.17, 15) is 4.79 Å². The van der Waals surface area contributed by atoms with E-state index in [1.807, 2.05) is 13.2 Å². The van der Waals surface area contributed by atoms with E-state index in [1.165, 1.54) is 11.8 Å². The van der Waals surface area contributed by atoms with Gasteiger partial charge in [-0.1, -0.05) is 11.8 Å². The van der Waals surface area contributed by atoms with Crippen molar-refractivity contribution in [1.29, 1.82) is 0 Å². The molecule has 0 fully saturated rings. The molecule has 0 aromatic carbocycles. The monoisotopic (exact) mass is 244 g/mol. The Bertz CT molecular complexity index is 334. The van der Waals surface area contributed by atoms with Crippen molar-refractivity contribution in [1.82, 2.24) is 0 Å². The molecule has 0 unspecified atom stereocenters. The van der Waals surface area contributed by atoms with Crippen LogP contribution in [0.5, 0.6) is 0 Å². The fourth-order valence-corrected chi connectivity index (χ4v) is 1.42. The first-order chi connectivity index (χ1) is 7.67. The molecule has 0 saturated heterocycles. The lowest BCUT2D eigenvalue weighted by molar-refractivity contribution is 0.0355. The summed E-state index contributed by atoms with van der Waals surface area (Å²) in [6.07, 6.45) is 2.65. The van der Waals surface area contributed by atoms with Gasteiger partial charge in [-0.05, 0) is 25.3 Å². The molecule has 4 nitrogen and oxygen atoms in total. The van der Waals surface area contributed by atoms with Crippen LogP contribution >= 0.6 is 11.8 Å². The van der Waals surface area contributed by atoms with Crippen molar-refractivity contribution in [3.8, 4) is 0 Å². The summed E-state index contributed by atoms with van der Waals surface area (Å²) in [4.78, 5) is 11.5. The number of hydrogen-bond donors (Lipinski definition) is 0. The van der Waals surface area contributed by atoms with Crippen molar-refractivity contribution >= 4 is 17.7 Å². The Morgan fingerprint density at radius 1 is 1.56 bits per heavy atom. The molecule has 1 atom stereocenters. The van der Waals surface area contributed by atoms with Gasteiger partial charge in [-0.15, -0.1) is 0 Å². The second-order valence-corrected chi connectivity index (χ2v) is 4.10. The second kappa shape index (κ2) is 6.60. The number of carbonyl (C=O) groups excluding carboxylic acids is 1. The highest BCUT2D eigenvalue weighted by Gasteiger charge is 2.12. The van der Waals surface area contributed by atoms with E-state index in [1.54, 1.807) is 19.2 Å². The maximum atomic E-state index is 11.5. The van der Waals surface area contributed by atoms with Gasteiger partial charge in [0.05, 0.1) is 12.7 Å². The lowest BCUT2D eigenvalue weighted by Crippen LogP contribution is -2.12. The van der Waals surface area contributed by atoms with E-state index in [2.05, 4.69) is 0 Å².